The largest absolute Gasteiger partial charge is 0.0888 e. The molecule has 0 N–H and O–H groups in total. The smallest absolute Gasteiger partial charge is 0.0201 e. The van der Waals surface area contributed by atoms with Gasteiger partial charge in [0.25, 0.3) is 0 Å². The lowest BCUT2D eigenvalue weighted by atomic mass is 9.81. The third-order valence-corrected chi connectivity index (χ3v) is 5.49. The highest BCUT2D eigenvalue weighted by Gasteiger charge is 2.26. The van der Waals surface area contributed by atoms with E-state index >= 15 is 0 Å². The van der Waals surface area contributed by atoms with Crippen LogP contribution in [0.3, 0.4) is 0 Å². The molecule has 1 atom stereocenters. The van der Waals surface area contributed by atoms with Crippen molar-refractivity contribution >= 4 is 17.3 Å². The molecule has 1 aromatic carbocycles. The summed E-state index contributed by atoms with van der Waals surface area (Å²) >= 11 is 1.92. The Morgan fingerprint density at radius 2 is 1.85 bits per heavy atom. The highest BCUT2D eigenvalue weighted by atomic mass is 32.2. The Hall–Kier alpha value is -1.47. The first-order chi connectivity index (χ1) is 9.83. The molecule has 1 aliphatic heterocycles. The van der Waals surface area contributed by atoms with Gasteiger partial charge >= 0.3 is 0 Å². The third kappa shape index (κ3) is 1.92. The van der Waals surface area contributed by atoms with Crippen LogP contribution in [-0.2, 0) is 0 Å². The Bertz CT molecular complexity index is 679. The van der Waals surface area contributed by atoms with E-state index in [2.05, 4.69) is 55.5 Å². The highest BCUT2D eigenvalue weighted by Crippen LogP contribution is 2.50. The van der Waals surface area contributed by atoms with Gasteiger partial charge in [-0.15, -0.1) is 0 Å². The van der Waals surface area contributed by atoms with Crippen molar-refractivity contribution < 1.29 is 0 Å². The molecular formula is C19H18S. The van der Waals surface area contributed by atoms with Gasteiger partial charge in [-0.2, -0.15) is 0 Å². The Balaban J connectivity index is 1.95. The zero-order chi connectivity index (χ0) is 13.5. The van der Waals surface area contributed by atoms with Crippen molar-refractivity contribution in [1.29, 1.82) is 0 Å². The van der Waals surface area contributed by atoms with Crippen molar-refractivity contribution in [2.45, 2.75) is 31.1 Å². The highest BCUT2D eigenvalue weighted by molar-refractivity contribution is 8.03. The molecule has 0 saturated heterocycles. The summed E-state index contributed by atoms with van der Waals surface area (Å²) in [5.74, 6) is 0.525. The predicted molar refractivity (Wildman–Crippen MR) is 87.5 cm³/mol. The molecule has 1 fully saturated rings. The first-order valence-corrected chi connectivity index (χ1v) is 8.25. The Morgan fingerprint density at radius 3 is 2.65 bits per heavy atom. The first-order valence-electron chi connectivity index (χ1n) is 7.43. The lowest BCUT2D eigenvalue weighted by molar-refractivity contribution is 0.666. The van der Waals surface area contributed by atoms with Gasteiger partial charge < -0.3 is 0 Å². The van der Waals surface area contributed by atoms with Gasteiger partial charge in [0.05, 0.1) is 0 Å². The SMILES string of the molecule is CC1C=CC2=C(C=C1)C(=C1CCC1)c1ccccc1S2. The zero-order valence-corrected chi connectivity index (χ0v) is 12.5. The van der Waals surface area contributed by atoms with Gasteiger partial charge in [0.2, 0.25) is 0 Å². The Kier molecular flexibility index (Phi) is 2.96. The van der Waals surface area contributed by atoms with E-state index in [0.29, 0.717) is 5.92 Å². The molecule has 4 rings (SSSR count). The second-order valence-corrected chi connectivity index (χ2v) is 6.87. The number of thioether (sulfide) groups is 1. The quantitative estimate of drug-likeness (QED) is 0.582. The van der Waals surface area contributed by atoms with Crippen LogP contribution in [0.2, 0.25) is 0 Å². The van der Waals surface area contributed by atoms with Crippen molar-refractivity contribution in [3.8, 4) is 0 Å². The Labute approximate surface area is 125 Å². The number of benzene rings is 1. The molecule has 0 aromatic heterocycles. The first kappa shape index (κ1) is 12.3. The second-order valence-electron chi connectivity index (χ2n) is 5.79. The van der Waals surface area contributed by atoms with Crippen LogP contribution in [0.4, 0.5) is 0 Å². The molecular weight excluding hydrogens is 260 g/mol. The topological polar surface area (TPSA) is 0 Å². The summed E-state index contributed by atoms with van der Waals surface area (Å²) in [5, 5.41) is 0. The van der Waals surface area contributed by atoms with Gasteiger partial charge in [0.1, 0.15) is 0 Å². The third-order valence-electron chi connectivity index (χ3n) is 4.34. The second kappa shape index (κ2) is 4.82. The van der Waals surface area contributed by atoms with Crippen molar-refractivity contribution in [3.05, 3.63) is 70.2 Å². The fourth-order valence-electron chi connectivity index (χ4n) is 3.03. The minimum atomic E-state index is 0.525. The van der Waals surface area contributed by atoms with Gasteiger partial charge in [-0.3, -0.25) is 0 Å². The summed E-state index contributed by atoms with van der Waals surface area (Å²) in [5.41, 5.74) is 6.07. The zero-order valence-electron chi connectivity index (χ0n) is 11.7. The van der Waals surface area contributed by atoms with Crippen LogP contribution >= 0.6 is 11.8 Å². The minimum Gasteiger partial charge on any atom is -0.0888 e. The molecule has 100 valence electrons. The molecule has 0 amide bonds. The van der Waals surface area contributed by atoms with E-state index in [9.17, 15) is 0 Å². The van der Waals surface area contributed by atoms with Crippen molar-refractivity contribution in [2.75, 3.05) is 0 Å². The normalized spacial score (nSPS) is 24.1. The van der Waals surface area contributed by atoms with Gasteiger partial charge in [0, 0.05) is 9.80 Å². The van der Waals surface area contributed by atoms with E-state index < -0.39 is 0 Å². The summed E-state index contributed by atoms with van der Waals surface area (Å²) in [6, 6.07) is 8.87. The van der Waals surface area contributed by atoms with Gasteiger partial charge in [0.15, 0.2) is 0 Å². The molecule has 0 spiro atoms. The van der Waals surface area contributed by atoms with E-state index in [1.807, 2.05) is 11.8 Å². The van der Waals surface area contributed by atoms with Crippen LogP contribution in [0.5, 0.6) is 0 Å². The minimum absolute atomic E-state index is 0.525. The fourth-order valence-corrected chi connectivity index (χ4v) is 4.12. The number of hydrogen-bond donors (Lipinski definition) is 0. The standard InChI is InChI=1S/C19H18S/c1-13-9-11-16-18(12-10-13)20-17-8-3-2-7-15(17)19(16)14-5-4-6-14/h2-3,7-13H,4-6H2,1H3. The molecule has 2 aliphatic carbocycles. The van der Waals surface area contributed by atoms with E-state index in [0.717, 1.165) is 0 Å². The molecule has 1 heterocycles. The average Bonchev–Trinajstić information content (AvgIpc) is 2.59. The van der Waals surface area contributed by atoms with E-state index in [4.69, 9.17) is 0 Å². The maximum atomic E-state index is 2.35. The molecule has 1 saturated carbocycles. The molecule has 20 heavy (non-hydrogen) atoms. The summed E-state index contributed by atoms with van der Waals surface area (Å²) in [6.07, 6.45) is 13.2. The summed E-state index contributed by atoms with van der Waals surface area (Å²) in [4.78, 5) is 2.83. The molecule has 1 heteroatoms. The van der Waals surface area contributed by atoms with E-state index in [1.54, 1.807) is 5.57 Å². The van der Waals surface area contributed by atoms with Crippen LogP contribution in [-0.4, -0.2) is 0 Å². The van der Waals surface area contributed by atoms with Gasteiger partial charge in [-0.1, -0.05) is 66.8 Å². The fraction of sp³-hybridized carbons (Fsp3) is 0.263. The maximum Gasteiger partial charge on any atom is 0.0201 e. The lowest BCUT2D eigenvalue weighted by Gasteiger charge is -2.28. The van der Waals surface area contributed by atoms with E-state index in [1.165, 1.54) is 45.8 Å². The number of hydrogen-bond acceptors (Lipinski definition) is 1. The summed E-state index contributed by atoms with van der Waals surface area (Å²) in [7, 11) is 0. The monoisotopic (exact) mass is 278 g/mol. The summed E-state index contributed by atoms with van der Waals surface area (Å²) in [6.45, 7) is 2.25. The molecule has 1 aromatic rings. The molecule has 0 nitrogen and oxygen atoms in total. The number of rotatable bonds is 0. The average molecular weight is 278 g/mol. The van der Waals surface area contributed by atoms with E-state index in [-0.39, 0.29) is 0 Å². The van der Waals surface area contributed by atoms with Crippen LogP contribution in [0.15, 0.2) is 69.5 Å². The lowest BCUT2D eigenvalue weighted by Crippen LogP contribution is -2.07. The molecule has 0 radical (unpaired) electrons. The molecule has 3 aliphatic rings. The van der Waals surface area contributed by atoms with Crippen molar-refractivity contribution in [3.63, 3.8) is 0 Å². The predicted octanol–water partition coefficient (Wildman–Crippen LogP) is 5.75. The van der Waals surface area contributed by atoms with Crippen LogP contribution in [0, 0.1) is 5.92 Å². The van der Waals surface area contributed by atoms with Gasteiger partial charge in [-0.25, -0.2) is 0 Å². The molecule has 0 bridgehead atoms. The molecule has 1 unspecified atom stereocenters. The van der Waals surface area contributed by atoms with Crippen LogP contribution in [0.1, 0.15) is 31.7 Å². The van der Waals surface area contributed by atoms with Crippen molar-refractivity contribution in [1.82, 2.24) is 0 Å². The van der Waals surface area contributed by atoms with Crippen molar-refractivity contribution in [2.24, 2.45) is 5.92 Å². The Morgan fingerprint density at radius 1 is 1.05 bits per heavy atom. The number of fused-ring (bicyclic) bond motifs is 1. The van der Waals surface area contributed by atoms with Crippen LogP contribution in [0.25, 0.3) is 5.57 Å². The number of allylic oxidation sites excluding steroid dienone is 7. The van der Waals surface area contributed by atoms with Crippen LogP contribution < -0.4 is 0 Å². The maximum absolute atomic E-state index is 2.35. The summed E-state index contributed by atoms with van der Waals surface area (Å²) < 4.78 is 0. The van der Waals surface area contributed by atoms with Gasteiger partial charge in [-0.05, 0) is 48.0 Å².